The molecular weight excluding hydrogens is 250 g/mol. The molecule has 0 amide bonds. The second-order valence-electron chi connectivity index (χ2n) is 3.90. The van der Waals surface area contributed by atoms with Gasteiger partial charge in [-0.3, -0.25) is 10.1 Å². The van der Waals surface area contributed by atoms with Gasteiger partial charge in [-0.2, -0.15) is 0 Å². The Balaban J connectivity index is 2.01. The van der Waals surface area contributed by atoms with Crippen molar-refractivity contribution in [1.82, 2.24) is 0 Å². The van der Waals surface area contributed by atoms with E-state index >= 15 is 0 Å². The normalized spacial score (nSPS) is 10.2. The molecule has 2 aromatic rings. The van der Waals surface area contributed by atoms with Crippen molar-refractivity contribution in [3.63, 3.8) is 0 Å². The van der Waals surface area contributed by atoms with Gasteiger partial charge in [0.25, 0.3) is 0 Å². The van der Waals surface area contributed by atoms with Crippen LogP contribution in [0.15, 0.2) is 40.8 Å². The molecule has 98 valence electrons. The molecule has 0 bridgehead atoms. The number of hydrogen-bond donors (Lipinski definition) is 0. The van der Waals surface area contributed by atoms with Crippen molar-refractivity contribution in [2.24, 2.45) is 0 Å². The highest BCUT2D eigenvalue weighted by atomic mass is 16.7. The predicted octanol–water partition coefficient (Wildman–Crippen LogP) is 2.85. The Hall–Kier alpha value is -2.63. The average molecular weight is 261 g/mol. The van der Waals surface area contributed by atoms with Crippen LogP contribution in [0.3, 0.4) is 0 Å². The number of rotatable bonds is 4. The second-order valence-corrected chi connectivity index (χ2v) is 3.90. The summed E-state index contributed by atoms with van der Waals surface area (Å²) in [4.78, 5) is 21.3. The molecule has 0 aliphatic heterocycles. The summed E-state index contributed by atoms with van der Waals surface area (Å²) in [5.74, 6) is -1.39. The lowest BCUT2D eigenvalue weighted by Gasteiger charge is -2.05. The summed E-state index contributed by atoms with van der Waals surface area (Å²) in [6, 6.07) is 9.81. The third-order valence-electron chi connectivity index (χ3n) is 2.59. The van der Waals surface area contributed by atoms with Crippen LogP contribution in [-0.4, -0.2) is 10.9 Å². The zero-order valence-corrected chi connectivity index (χ0v) is 10.2. The van der Waals surface area contributed by atoms with E-state index in [1.807, 2.05) is 31.2 Å². The lowest BCUT2D eigenvalue weighted by molar-refractivity contribution is -0.402. The minimum atomic E-state index is -0.726. The molecule has 1 heterocycles. The number of ether oxygens (including phenoxy) is 1. The van der Waals surface area contributed by atoms with E-state index in [2.05, 4.69) is 0 Å². The molecular formula is C13H11NO5. The summed E-state index contributed by atoms with van der Waals surface area (Å²) >= 11 is 0. The molecule has 0 radical (unpaired) electrons. The van der Waals surface area contributed by atoms with Gasteiger partial charge in [-0.15, -0.1) is 0 Å². The summed E-state index contributed by atoms with van der Waals surface area (Å²) in [6.07, 6.45) is 0. The molecule has 0 fully saturated rings. The topological polar surface area (TPSA) is 82.6 Å². The van der Waals surface area contributed by atoms with Crippen molar-refractivity contribution in [3.8, 4) is 0 Å². The number of esters is 1. The van der Waals surface area contributed by atoms with Crippen molar-refractivity contribution < 1.29 is 18.9 Å². The van der Waals surface area contributed by atoms with E-state index in [4.69, 9.17) is 9.15 Å². The van der Waals surface area contributed by atoms with Crippen LogP contribution in [0.2, 0.25) is 0 Å². The molecule has 2 rings (SSSR count). The number of nitrogens with zero attached hydrogens (tertiary/aromatic N) is 1. The van der Waals surface area contributed by atoms with Crippen LogP contribution >= 0.6 is 0 Å². The maximum atomic E-state index is 11.6. The maximum Gasteiger partial charge on any atom is 0.433 e. The van der Waals surface area contributed by atoms with Crippen LogP contribution in [0.5, 0.6) is 0 Å². The largest absolute Gasteiger partial charge is 0.455 e. The van der Waals surface area contributed by atoms with Gasteiger partial charge in [-0.25, -0.2) is 4.79 Å². The number of carbonyl (C=O) groups excluding carboxylic acids is 1. The molecule has 1 aromatic carbocycles. The third-order valence-corrected chi connectivity index (χ3v) is 2.59. The van der Waals surface area contributed by atoms with E-state index in [0.29, 0.717) is 0 Å². The van der Waals surface area contributed by atoms with Crippen molar-refractivity contribution in [1.29, 1.82) is 0 Å². The zero-order chi connectivity index (χ0) is 13.8. The first kappa shape index (κ1) is 12.8. The molecule has 0 aliphatic carbocycles. The summed E-state index contributed by atoms with van der Waals surface area (Å²) in [6.45, 7) is 2.00. The number of carbonyl (C=O) groups is 1. The van der Waals surface area contributed by atoms with Gasteiger partial charge in [-0.05, 0) is 24.1 Å². The summed E-state index contributed by atoms with van der Waals surface area (Å²) < 4.78 is 9.78. The first-order valence-electron chi connectivity index (χ1n) is 5.54. The minimum absolute atomic E-state index is 0.0972. The number of hydrogen-bond acceptors (Lipinski definition) is 5. The van der Waals surface area contributed by atoms with Gasteiger partial charge in [0.05, 0.1) is 6.07 Å². The standard InChI is InChI=1S/C13H11NO5/c1-9-4-2-3-5-10(9)8-18-13(15)11-6-7-12(19-11)14(16)17/h2-7H,8H2,1H3. The van der Waals surface area contributed by atoms with Crippen LogP contribution in [0, 0.1) is 17.0 Å². The van der Waals surface area contributed by atoms with E-state index < -0.39 is 16.8 Å². The monoisotopic (exact) mass is 261 g/mol. The highest BCUT2D eigenvalue weighted by Gasteiger charge is 2.18. The molecule has 0 saturated heterocycles. The molecule has 0 saturated carbocycles. The fourth-order valence-electron chi connectivity index (χ4n) is 1.52. The van der Waals surface area contributed by atoms with Crippen LogP contribution < -0.4 is 0 Å². The van der Waals surface area contributed by atoms with Gasteiger partial charge in [-0.1, -0.05) is 24.3 Å². The van der Waals surface area contributed by atoms with Gasteiger partial charge in [0, 0.05) is 0 Å². The van der Waals surface area contributed by atoms with Crippen molar-refractivity contribution in [3.05, 3.63) is 63.4 Å². The lowest BCUT2D eigenvalue weighted by Crippen LogP contribution is -2.04. The predicted molar refractivity (Wildman–Crippen MR) is 65.7 cm³/mol. The quantitative estimate of drug-likeness (QED) is 0.480. The van der Waals surface area contributed by atoms with Gasteiger partial charge in [0.1, 0.15) is 11.5 Å². The smallest absolute Gasteiger partial charge is 0.433 e. The maximum absolute atomic E-state index is 11.6. The highest BCUT2D eigenvalue weighted by Crippen LogP contribution is 2.17. The fraction of sp³-hybridized carbons (Fsp3) is 0.154. The van der Waals surface area contributed by atoms with E-state index in [1.165, 1.54) is 6.07 Å². The van der Waals surface area contributed by atoms with Crippen molar-refractivity contribution in [2.75, 3.05) is 0 Å². The molecule has 19 heavy (non-hydrogen) atoms. The second kappa shape index (κ2) is 5.34. The number of furan rings is 1. The van der Waals surface area contributed by atoms with E-state index in [0.717, 1.165) is 17.2 Å². The Labute approximate surface area is 108 Å². The van der Waals surface area contributed by atoms with Gasteiger partial charge in [0.2, 0.25) is 5.76 Å². The average Bonchev–Trinajstić information content (AvgIpc) is 2.87. The molecule has 0 aliphatic rings. The van der Waals surface area contributed by atoms with Crippen molar-refractivity contribution >= 4 is 11.9 Å². The Bertz CT molecular complexity index is 617. The van der Waals surface area contributed by atoms with Gasteiger partial charge < -0.3 is 9.15 Å². The van der Waals surface area contributed by atoms with Crippen LogP contribution in [-0.2, 0) is 11.3 Å². The highest BCUT2D eigenvalue weighted by molar-refractivity contribution is 5.86. The lowest BCUT2D eigenvalue weighted by atomic mass is 10.1. The summed E-state index contributed by atoms with van der Waals surface area (Å²) in [5.41, 5.74) is 1.87. The number of aryl methyl sites for hydroxylation is 1. The third kappa shape index (κ3) is 2.98. The van der Waals surface area contributed by atoms with Crippen LogP contribution in [0.25, 0.3) is 0 Å². The van der Waals surface area contributed by atoms with Crippen LogP contribution in [0.4, 0.5) is 5.88 Å². The number of benzene rings is 1. The Morgan fingerprint density at radius 1 is 1.32 bits per heavy atom. The van der Waals surface area contributed by atoms with E-state index in [1.54, 1.807) is 0 Å². The molecule has 0 spiro atoms. The first-order valence-corrected chi connectivity index (χ1v) is 5.54. The minimum Gasteiger partial charge on any atom is -0.455 e. The van der Waals surface area contributed by atoms with Crippen molar-refractivity contribution in [2.45, 2.75) is 13.5 Å². The molecule has 0 atom stereocenters. The zero-order valence-electron chi connectivity index (χ0n) is 10.2. The molecule has 1 aromatic heterocycles. The molecule has 6 heteroatoms. The Morgan fingerprint density at radius 2 is 2.05 bits per heavy atom. The van der Waals surface area contributed by atoms with Gasteiger partial charge >= 0.3 is 11.9 Å². The Kier molecular flexibility index (Phi) is 3.61. The van der Waals surface area contributed by atoms with Gasteiger partial charge in [0.15, 0.2) is 0 Å². The van der Waals surface area contributed by atoms with E-state index in [-0.39, 0.29) is 12.4 Å². The Morgan fingerprint density at radius 3 is 2.68 bits per heavy atom. The number of nitro groups is 1. The fourth-order valence-corrected chi connectivity index (χ4v) is 1.52. The van der Waals surface area contributed by atoms with Crippen LogP contribution in [0.1, 0.15) is 21.7 Å². The summed E-state index contributed by atoms with van der Waals surface area (Å²) in [7, 11) is 0. The SMILES string of the molecule is Cc1ccccc1COC(=O)c1ccc([N+](=O)[O-])o1. The molecule has 0 unspecified atom stereocenters. The summed E-state index contributed by atoms with van der Waals surface area (Å²) in [5, 5.41) is 10.4. The first-order chi connectivity index (χ1) is 9.08. The molecule has 0 N–H and O–H groups in total. The molecule has 6 nitrogen and oxygen atoms in total. The van der Waals surface area contributed by atoms with E-state index in [9.17, 15) is 14.9 Å².